The quantitative estimate of drug-likeness (QED) is 0.869. The van der Waals surface area contributed by atoms with E-state index in [9.17, 15) is 13.2 Å². The summed E-state index contributed by atoms with van der Waals surface area (Å²) in [6.07, 6.45) is -5.28. The number of halogens is 3. The fourth-order valence-corrected chi connectivity index (χ4v) is 1.66. The fourth-order valence-electron chi connectivity index (χ4n) is 1.66. The second-order valence-electron chi connectivity index (χ2n) is 4.09. The highest BCUT2D eigenvalue weighted by atomic mass is 19.4. The lowest BCUT2D eigenvalue weighted by Crippen LogP contribution is -2.14. The first-order chi connectivity index (χ1) is 9.39. The lowest BCUT2D eigenvalue weighted by Gasteiger charge is -2.09. The van der Waals surface area contributed by atoms with Crippen LogP contribution in [0.25, 0.3) is 11.4 Å². The number of nitrogen functional groups attached to an aromatic ring is 1. The predicted molar refractivity (Wildman–Crippen MR) is 64.9 cm³/mol. The van der Waals surface area contributed by atoms with Crippen LogP contribution in [-0.4, -0.2) is 33.5 Å². The van der Waals surface area contributed by atoms with Crippen molar-refractivity contribution in [3.8, 4) is 17.1 Å². The molecule has 0 aliphatic carbocycles. The van der Waals surface area contributed by atoms with Crippen LogP contribution < -0.4 is 10.5 Å². The lowest BCUT2D eigenvalue weighted by molar-refractivity contribution is -0.137. The fraction of sp³-hybridized carbons (Fsp3) is 0.364. The lowest BCUT2D eigenvalue weighted by atomic mass is 10.1. The van der Waals surface area contributed by atoms with Crippen molar-refractivity contribution in [1.29, 1.82) is 0 Å². The molecule has 1 aromatic heterocycles. The van der Waals surface area contributed by atoms with E-state index in [-0.39, 0.29) is 12.4 Å². The van der Waals surface area contributed by atoms with Crippen LogP contribution in [0, 0.1) is 0 Å². The number of ether oxygens (including phenoxy) is 1. The van der Waals surface area contributed by atoms with E-state index >= 15 is 0 Å². The molecule has 6 nitrogen and oxygen atoms in total. The monoisotopic (exact) mass is 287 g/mol. The molecule has 0 aliphatic heterocycles. The average molecular weight is 287 g/mol. The Labute approximate surface area is 112 Å². The van der Waals surface area contributed by atoms with Crippen LogP contribution in [0.2, 0.25) is 0 Å². The molecule has 2 rings (SSSR count). The second kappa shape index (κ2) is 5.35. The highest BCUT2D eigenvalue weighted by Gasteiger charge is 2.27. The maximum Gasteiger partial charge on any atom is 0.390 e. The molecule has 0 saturated heterocycles. The van der Waals surface area contributed by atoms with E-state index in [1.54, 1.807) is 18.2 Å². The largest absolute Gasteiger partial charge is 0.497 e. The van der Waals surface area contributed by atoms with Gasteiger partial charge >= 0.3 is 6.18 Å². The number of tetrazole rings is 1. The number of aromatic nitrogens is 4. The van der Waals surface area contributed by atoms with Crippen LogP contribution in [0.4, 0.5) is 18.9 Å². The van der Waals surface area contributed by atoms with E-state index in [1.807, 2.05) is 0 Å². The molecule has 1 aromatic carbocycles. The molecule has 0 amide bonds. The molecule has 1 heterocycles. The van der Waals surface area contributed by atoms with E-state index in [1.165, 1.54) is 7.11 Å². The van der Waals surface area contributed by atoms with Gasteiger partial charge in [-0.25, -0.2) is 4.68 Å². The zero-order chi connectivity index (χ0) is 14.8. The summed E-state index contributed by atoms with van der Waals surface area (Å²) in [7, 11) is 1.46. The first-order valence-electron chi connectivity index (χ1n) is 5.67. The van der Waals surface area contributed by atoms with Crippen molar-refractivity contribution in [3.05, 3.63) is 18.2 Å². The van der Waals surface area contributed by atoms with Gasteiger partial charge in [0.05, 0.1) is 20.1 Å². The topological polar surface area (TPSA) is 78.8 Å². The van der Waals surface area contributed by atoms with Crippen molar-refractivity contribution in [2.45, 2.75) is 19.1 Å². The minimum Gasteiger partial charge on any atom is -0.497 e. The minimum absolute atomic E-state index is 0.208. The molecule has 9 heteroatoms. The van der Waals surface area contributed by atoms with Gasteiger partial charge in [-0.05, 0) is 22.6 Å². The highest BCUT2D eigenvalue weighted by molar-refractivity contribution is 5.64. The van der Waals surface area contributed by atoms with E-state index in [0.29, 0.717) is 17.0 Å². The molecule has 0 fully saturated rings. The molecular weight excluding hydrogens is 275 g/mol. The maximum atomic E-state index is 12.2. The standard InChI is InChI=1S/C11H12F3N5O/c1-20-9-5-7(4-8(15)6-9)10-16-17-18-19(10)3-2-11(12,13)14/h4-6H,2-3,15H2,1H3. The number of benzene rings is 1. The summed E-state index contributed by atoms with van der Waals surface area (Å²) in [6, 6.07) is 4.76. The summed E-state index contributed by atoms with van der Waals surface area (Å²) in [6.45, 7) is -0.358. The van der Waals surface area contributed by atoms with E-state index in [2.05, 4.69) is 15.5 Å². The number of rotatable bonds is 4. The molecule has 0 aliphatic rings. The average Bonchev–Trinajstić information content (AvgIpc) is 2.83. The number of nitrogens with two attached hydrogens (primary N) is 1. The van der Waals surface area contributed by atoms with Crippen molar-refractivity contribution in [2.75, 3.05) is 12.8 Å². The zero-order valence-corrected chi connectivity index (χ0v) is 10.6. The summed E-state index contributed by atoms with van der Waals surface area (Å²) >= 11 is 0. The summed E-state index contributed by atoms with van der Waals surface area (Å²) in [5.74, 6) is 0.685. The van der Waals surface area contributed by atoms with Gasteiger partial charge in [-0.15, -0.1) is 5.10 Å². The molecule has 0 spiro atoms. The Balaban J connectivity index is 2.30. The number of methoxy groups -OCH3 is 1. The number of nitrogens with zero attached hydrogens (tertiary/aromatic N) is 4. The molecule has 20 heavy (non-hydrogen) atoms. The number of hydrogen-bond donors (Lipinski definition) is 1. The number of anilines is 1. The SMILES string of the molecule is COc1cc(N)cc(-c2nnnn2CCC(F)(F)F)c1. The van der Waals surface area contributed by atoms with Crippen molar-refractivity contribution < 1.29 is 17.9 Å². The Bertz CT molecular complexity index is 596. The van der Waals surface area contributed by atoms with Gasteiger partial charge in [0.1, 0.15) is 5.75 Å². The first-order valence-corrected chi connectivity index (χ1v) is 5.67. The second-order valence-corrected chi connectivity index (χ2v) is 4.09. The van der Waals surface area contributed by atoms with Crippen LogP contribution in [0.15, 0.2) is 18.2 Å². The number of alkyl halides is 3. The van der Waals surface area contributed by atoms with E-state index in [0.717, 1.165) is 4.68 Å². The first kappa shape index (κ1) is 14.1. The van der Waals surface area contributed by atoms with E-state index in [4.69, 9.17) is 10.5 Å². The van der Waals surface area contributed by atoms with Gasteiger partial charge < -0.3 is 10.5 Å². The van der Waals surface area contributed by atoms with Crippen LogP contribution in [0.1, 0.15) is 6.42 Å². The molecule has 0 radical (unpaired) electrons. The van der Waals surface area contributed by atoms with Gasteiger partial charge in [0.15, 0.2) is 5.82 Å². The maximum absolute atomic E-state index is 12.2. The van der Waals surface area contributed by atoms with Crippen molar-refractivity contribution >= 4 is 5.69 Å². The third-order valence-corrected chi connectivity index (χ3v) is 2.56. The predicted octanol–water partition coefficient (Wildman–Crippen LogP) is 1.88. The molecule has 0 atom stereocenters. The zero-order valence-electron chi connectivity index (χ0n) is 10.6. The molecule has 0 saturated carbocycles. The van der Waals surface area contributed by atoms with Gasteiger partial charge in [0.25, 0.3) is 0 Å². The highest BCUT2D eigenvalue weighted by Crippen LogP contribution is 2.26. The third-order valence-electron chi connectivity index (χ3n) is 2.56. The Morgan fingerprint density at radius 2 is 2.05 bits per heavy atom. The summed E-state index contributed by atoms with van der Waals surface area (Å²) in [5, 5.41) is 10.7. The molecule has 2 aromatic rings. The number of hydrogen-bond acceptors (Lipinski definition) is 5. The molecular formula is C11H12F3N5O. The van der Waals surface area contributed by atoms with Crippen molar-refractivity contribution in [2.24, 2.45) is 0 Å². The summed E-state index contributed by atoms with van der Waals surface area (Å²) < 4.78 is 42.9. The molecule has 2 N–H and O–H groups in total. The summed E-state index contributed by atoms with van der Waals surface area (Å²) in [5.41, 5.74) is 6.60. The Morgan fingerprint density at radius 3 is 2.70 bits per heavy atom. The minimum atomic E-state index is -4.27. The van der Waals surface area contributed by atoms with Crippen molar-refractivity contribution in [3.63, 3.8) is 0 Å². The van der Waals surface area contributed by atoms with E-state index < -0.39 is 12.6 Å². The van der Waals surface area contributed by atoms with Crippen LogP contribution in [0.5, 0.6) is 5.75 Å². The van der Waals surface area contributed by atoms with Crippen LogP contribution >= 0.6 is 0 Å². The van der Waals surface area contributed by atoms with Crippen LogP contribution in [-0.2, 0) is 6.54 Å². The smallest absolute Gasteiger partial charge is 0.390 e. The van der Waals surface area contributed by atoms with Gasteiger partial charge in [-0.1, -0.05) is 0 Å². The molecule has 108 valence electrons. The number of aryl methyl sites for hydroxylation is 1. The van der Waals surface area contributed by atoms with Gasteiger partial charge in [0.2, 0.25) is 0 Å². The Morgan fingerprint density at radius 1 is 1.30 bits per heavy atom. The molecule has 0 unspecified atom stereocenters. The summed E-state index contributed by atoms with van der Waals surface area (Å²) in [4.78, 5) is 0. The third kappa shape index (κ3) is 3.37. The van der Waals surface area contributed by atoms with Gasteiger partial charge in [-0.3, -0.25) is 0 Å². The Hall–Kier alpha value is -2.32. The molecule has 0 bridgehead atoms. The Kier molecular flexibility index (Phi) is 3.77. The van der Waals surface area contributed by atoms with Crippen LogP contribution in [0.3, 0.4) is 0 Å². The van der Waals surface area contributed by atoms with Gasteiger partial charge in [-0.2, -0.15) is 13.2 Å². The normalized spacial score (nSPS) is 11.6. The van der Waals surface area contributed by atoms with Crippen molar-refractivity contribution in [1.82, 2.24) is 20.2 Å². The van der Waals surface area contributed by atoms with Gasteiger partial charge in [0, 0.05) is 17.3 Å².